The fourth-order valence-electron chi connectivity index (χ4n) is 6.01. The average molecular weight is 505 g/mol. The van der Waals surface area contributed by atoms with Gasteiger partial charge in [0, 0.05) is 30.5 Å². The maximum Gasteiger partial charge on any atom is 0.311 e. The van der Waals surface area contributed by atoms with Crippen LogP contribution in [0.3, 0.4) is 0 Å². The minimum Gasteiger partial charge on any atom is -0.465 e. The molecule has 0 radical (unpaired) electrons. The van der Waals surface area contributed by atoms with E-state index in [-0.39, 0.29) is 35.2 Å². The molecular formula is C27H40N2O5S. The van der Waals surface area contributed by atoms with Crippen LogP contribution in [0.4, 0.5) is 0 Å². The topological polar surface area (TPSA) is 87.2 Å². The van der Waals surface area contributed by atoms with Gasteiger partial charge in [0.15, 0.2) is 0 Å². The van der Waals surface area contributed by atoms with Crippen LogP contribution in [0.5, 0.6) is 0 Å². The zero-order chi connectivity index (χ0) is 25.2. The molecule has 0 saturated carbocycles. The number of cyclic esters (lactones) is 1. The number of unbranched alkanes of at least 4 members (excludes halogenated alkanes) is 3. The Labute approximate surface area is 213 Å². The standard InChI is InChI=1S/C27H40N2O5S/c1-26(2,3)29-16-12-14-27-21(20-19(35-27)13-8-4-7-11-18-34-25(20)33)23(31)28(22(27)24(29)32)15-9-5-6-10-17-30/h8,12-14,19-22,30H,4-7,9-11,15-18H2,1-3H3/b13-8-/t19-,20+,21-,22?,27-/m0/s1. The molecule has 2 amide bonds. The maximum atomic E-state index is 14.1. The molecule has 0 aromatic rings. The van der Waals surface area contributed by atoms with E-state index < -0.39 is 22.6 Å². The number of esters is 1. The molecule has 0 aromatic heterocycles. The zero-order valence-electron chi connectivity index (χ0n) is 21.3. The number of allylic oxidation sites excluding steroid dienone is 1. The SMILES string of the molecule is CC(C)(C)N1CC=C[C@]23S[C@H]4/C=C\CCCCOC(=O)[C@H]4[C@H]2C(=O)N(CCCCCCO)C3C1=O. The third-order valence-electron chi connectivity index (χ3n) is 7.72. The third-order valence-corrected chi connectivity index (χ3v) is 9.46. The first kappa shape index (κ1) is 26.3. The van der Waals surface area contributed by atoms with Gasteiger partial charge >= 0.3 is 5.97 Å². The Morgan fingerprint density at radius 2 is 1.86 bits per heavy atom. The lowest BCUT2D eigenvalue weighted by atomic mass is 9.78. The van der Waals surface area contributed by atoms with Crippen molar-refractivity contribution in [1.82, 2.24) is 9.80 Å². The van der Waals surface area contributed by atoms with Gasteiger partial charge < -0.3 is 19.6 Å². The molecule has 1 unspecified atom stereocenters. The van der Waals surface area contributed by atoms with Crippen LogP contribution in [0.15, 0.2) is 24.3 Å². The lowest BCUT2D eigenvalue weighted by Gasteiger charge is -2.40. The van der Waals surface area contributed by atoms with Crippen molar-refractivity contribution in [2.24, 2.45) is 11.8 Å². The summed E-state index contributed by atoms with van der Waals surface area (Å²) in [4.78, 5) is 45.2. The number of nitrogens with zero attached hydrogens (tertiary/aromatic N) is 2. The molecular weight excluding hydrogens is 464 g/mol. The Balaban J connectivity index is 1.73. The maximum absolute atomic E-state index is 14.1. The third kappa shape index (κ3) is 4.93. The van der Waals surface area contributed by atoms with Gasteiger partial charge in [-0.05, 0) is 52.9 Å². The highest BCUT2D eigenvalue weighted by molar-refractivity contribution is 8.02. The molecule has 0 aliphatic carbocycles. The van der Waals surface area contributed by atoms with E-state index in [0.717, 1.165) is 44.9 Å². The quantitative estimate of drug-likeness (QED) is 0.339. The van der Waals surface area contributed by atoms with E-state index >= 15 is 0 Å². The van der Waals surface area contributed by atoms with E-state index in [4.69, 9.17) is 9.84 Å². The van der Waals surface area contributed by atoms with Crippen LogP contribution in [0.1, 0.15) is 65.7 Å². The number of carbonyl (C=O) groups is 3. The van der Waals surface area contributed by atoms with Gasteiger partial charge in [0.25, 0.3) is 0 Å². The number of hydrogen-bond acceptors (Lipinski definition) is 6. The molecule has 4 heterocycles. The normalized spacial score (nSPS) is 34.2. The van der Waals surface area contributed by atoms with E-state index in [1.165, 1.54) is 0 Å². The minimum atomic E-state index is -0.786. The number of aliphatic hydroxyl groups is 1. The lowest BCUT2D eigenvalue weighted by molar-refractivity contribution is -0.153. The summed E-state index contributed by atoms with van der Waals surface area (Å²) in [5, 5.41) is 8.90. The van der Waals surface area contributed by atoms with Crippen molar-refractivity contribution >= 4 is 29.5 Å². The number of carbonyl (C=O) groups excluding carboxylic acids is 3. The van der Waals surface area contributed by atoms with Gasteiger partial charge in [-0.1, -0.05) is 37.1 Å². The summed E-state index contributed by atoms with van der Waals surface area (Å²) < 4.78 is 4.87. The average Bonchev–Trinajstić information content (AvgIpc) is 3.17. The summed E-state index contributed by atoms with van der Waals surface area (Å²) in [6.07, 6.45) is 14.2. The predicted molar refractivity (Wildman–Crippen MR) is 137 cm³/mol. The Hall–Kier alpha value is -1.80. The Bertz CT molecular complexity index is 881. The van der Waals surface area contributed by atoms with Gasteiger partial charge in [-0.25, -0.2) is 0 Å². The van der Waals surface area contributed by atoms with E-state index in [2.05, 4.69) is 18.2 Å². The summed E-state index contributed by atoms with van der Waals surface area (Å²) in [7, 11) is 0. The molecule has 0 aromatic carbocycles. The molecule has 35 heavy (non-hydrogen) atoms. The number of amides is 2. The molecule has 194 valence electrons. The minimum absolute atomic E-state index is 0.0396. The second-order valence-corrected chi connectivity index (χ2v) is 12.6. The van der Waals surface area contributed by atoms with Crippen LogP contribution in [-0.2, 0) is 19.1 Å². The van der Waals surface area contributed by atoms with Gasteiger partial charge in [0.05, 0.1) is 23.2 Å². The largest absolute Gasteiger partial charge is 0.465 e. The van der Waals surface area contributed by atoms with Crippen molar-refractivity contribution in [2.45, 2.75) is 87.3 Å². The molecule has 4 rings (SSSR count). The molecule has 1 spiro atoms. The zero-order valence-corrected chi connectivity index (χ0v) is 22.1. The summed E-state index contributed by atoms with van der Waals surface area (Å²) in [5.74, 6) is -1.67. The van der Waals surface area contributed by atoms with Crippen LogP contribution >= 0.6 is 11.8 Å². The number of hydrogen-bond donors (Lipinski definition) is 1. The van der Waals surface area contributed by atoms with Crippen LogP contribution < -0.4 is 0 Å². The van der Waals surface area contributed by atoms with Gasteiger partial charge in [-0.15, -0.1) is 11.8 Å². The van der Waals surface area contributed by atoms with Crippen molar-refractivity contribution in [3.63, 3.8) is 0 Å². The van der Waals surface area contributed by atoms with Crippen LogP contribution in [0, 0.1) is 11.8 Å². The van der Waals surface area contributed by atoms with Crippen LogP contribution in [0.25, 0.3) is 0 Å². The second-order valence-electron chi connectivity index (χ2n) is 11.1. The first-order valence-electron chi connectivity index (χ1n) is 13.1. The smallest absolute Gasteiger partial charge is 0.311 e. The Morgan fingerprint density at radius 3 is 2.60 bits per heavy atom. The molecule has 2 saturated heterocycles. The van der Waals surface area contributed by atoms with Crippen LogP contribution in [-0.4, -0.2) is 80.6 Å². The van der Waals surface area contributed by atoms with Crippen molar-refractivity contribution in [1.29, 1.82) is 0 Å². The molecule has 5 atom stereocenters. The fourth-order valence-corrected chi connectivity index (χ4v) is 8.01. The van der Waals surface area contributed by atoms with Gasteiger partial charge in [0.2, 0.25) is 11.8 Å². The Kier molecular flexibility index (Phi) is 8.01. The number of rotatable bonds is 6. The monoisotopic (exact) mass is 504 g/mol. The lowest BCUT2D eigenvalue weighted by Crippen LogP contribution is -2.57. The molecule has 1 N–H and O–H groups in total. The number of aliphatic hydroxyl groups excluding tert-OH is 1. The van der Waals surface area contributed by atoms with Crippen molar-refractivity contribution in [2.75, 3.05) is 26.3 Å². The summed E-state index contributed by atoms with van der Waals surface area (Å²) in [6.45, 7) is 7.57. The first-order valence-corrected chi connectivity index (χ1v) is 14.0. The van der Waals surface area contributed by atoms with E-state index in [1.807, 2.05) is 31.7 Å². The summed E-state index contributed by atoms with van der Waals surface area (Å²) in [5.41, 5.74) is -0.388. The number of thioether (sulfide) groups is 1. The molecule has 7 nitrogen and oxygen atoms in total. The molecule has 8 heteroatoms. The highest BCUT2D eigenvalue weighted by Gasteiger charge is 2.71. The van der Waals surface area contributed by atoms with Crippen molar-refractivity contribution in [3.8, 4) is 0 Å². The van der Waals surface area contributed by atoms with Gasteiger partial charge in [-0.3, -0.25) is 14.4 Å². The highest BCUT2D eigenvalue weighted by atomic mass is 32.2. The number of ether oxygens (including phenoxy) is 1. The molecule has 2 fully saturated rings. The van der Waals surface area contributed by atoms with Gasteiger partial charge in [0.1, 0.15) is 6.04 Å². The van der Waals surface area contributed by atoms with Gasteiger partial charge in [-0.2, -0.15) is 0 Å². The molecule has 4 aliphatic rings. The van der Waals surface area contributed by atoms with Crippen LogP contribution in [0.2, 0.25) is 0 Å². The number of likely N-dealkylation sites (tertiary alicyclic amines) is 1. The highest BCUT2D eigenvalue weighted by Crippen LogP contribution is 2.60. The first-order chi connectivity index (χ1) is 16.7. The van der Waals surface area contributed by atoms with E-state index in [9.17, 15) is 14.4 Å². The van der Waals surface area contributed by atoms with E-state index in [0.29, 0.717) is 19.7 Å². The Morgan fingerprint density at radius 1 is 1.09 bits per heavy atom. The van der Waals surface area contributed by atoms with Crippen molar-refractivity contribution in [3.05, 3.63) is 24.3 Å². The van der Waals surface area contributed by atoms with Crippen molar-refractivity contribution < 1.29 is 24.2 Å². The molecule has 0 bridgehead atoms. The van der Waals surface area contributed by atoms with E-state index in [1.54, 1.807) is 16.7 Å². The predicted octanol–water partition coefficient (Wildman–Crippen LogP) is 3.32. The number of fused-ring (bicyclic) bond motifs is 2. The summed E-state index contributed by atoms with van der Waals surface area (Å²) in [6, 6.07) is -0.639. The molecule has 4 aliphatic heterocycles. The summed E-state index contributed by atoms with van der Waals surface area (Å²) >= 11 is 1.61. The second kappa shape index (κ2) is 10.7. The fraction of sp³-hybridized carbons (Fsp3) is 0.741.